The number of carbonyl (C=O) groups excluding carboxylic acids is 1. The van der Waals surface area contributed by atoms with E-state index in [0.717, 1.165) is 11.3 Å². The molecule has 3 aromatic heterocycles. The molecule has 0 saturated heterocycles. The van der Waals surface area contributed by atoms with E-state index in [9.17, 15) is 4.79 Å². The lowest BCUT2D eigenvalue weighted by molar-refractivity contribution is 0.102. The number of aryl methyl sites for hydroxylation is 2. The van der Waals surface area contributed by atoms with E-state index >= 15 is 0 Å². The van der Waals surface area contributed by atoms with Crippen molar-refractivity contribution in [1.29, 1.82) is 0 Å². The monoisotopic (exact) mass is 310 g/mol. The predicted octanol–water partition coefficient (Wildman–Crippen LogP) is 2.86. The molecule has 0 bridgehead atoms. The number of amides is 1. The standard InChI is InChI=1S/C17H18N4O2/c1-4-12-14(17(22)20-15-11(2)7-5-9-18-15)21-10-6-8-13(23-3)16(21)19-12/h5-10H,4H2,1-3H3,(H,18,20,22). The van der Waals surface area contributed by atoms with Gasteiger partial charge in [0, 0.05) is 12.4 Å². The van der Waals surface area contributed by atoms with E-state index in [4.69, 9.17) is 4.74 Å². The molecule has 3 heterocycles. The fourth-order valence-corrected chi connectivity index (χ4v) is 2.52. The summed E-state index contributed by atoms with van der Waals surface area (Å²) < 4.78 is 7.09. The molecule has 0 aromatic carbocycles. The molecule has 3 rings (SSSR count). The maximum Gasteiger partial charge on any atom is 0.275 e. The molecule has 0 aliphatic rings. The highest BCUT2D eigenvalue weighted by atomic mass is 16.5. The van der Waals surface area contributed by atoms with Gasteiger partial charge in [0.05, 0.1) is 12.8 Å². The number of fused-ring (bicyclic) bond motifs is 1. The van der Waals surface area contributed by atoms with E-state index in [1.165, 1.54) is 0 Å². The van der Waals surface area contributed by atoms with Crippen LogP contribution >= 0.6 is 0 Å². The van der Waals surface area contributed by atoms with Crippen LogP contribution in [-0.2, 0) is 6.42 Å². The second-order valence-electron chi connectivity index (χ2n) is 5.15. The minimum atomic E-state index is -0.232. The molecule has 6 heteroatoms. The molecule has 118 valence electrons. The maximum absolute atomic E-state index is 12.8. The summed E-state index contributed by atoms with van der Waals surface area (Å²) in [5, 5.41) is 2.87. The van der Waals surface area contributed by atoms with Crippen LogP contribution in [0.25, 0.3) is 5.65 Å². The van der Waals surface area contributed by atoms with E-state index in [-0.39, 0.29) is 5.91 Å². The minimum absolute atomic E-state index is 0.232. The van der Waals surface area contributed by atoms with Crippen LogP contribution in [0.3, 0.4) is 0 Å². The number of rotatable bonds is 4. The van der Waals surface area contributed by atoms with Gasteiger partial charge in [-0.3, -0.25) is 9.20 Å². The summed E-state index contributed by atoms with van der Waals surface area (Å²) in [5.41, 5.74) is 2.77. The third-order valence-electron chi connectivity index (χ3n) is 3.70. The number of hydrogen-bond donors (Lipinski definition) is 1. The number of pyridine rings is 2. The van der Waals surface area contributed by atoms with Crippen molar-refractivity contribution in [1.82, 2.24) is 14.4 Å². The minimum Gasteiger partial charge on any atom is -0.493 e. The molecule has 0 unspecified atom stereocenters. The number of methoxy groups -OCH3 is 1. The number of imidazole rings is 1. The van der Waals surface area contributed by atoms with Gasteiger partial charge in [-0.25, -0.2) is 9.97 Å². The third-order valence-corrected chi connectivity index (χ3v) is 3.70. The van der Waals surface area contributed by atoms with Crippen molar-refractivity contribution >= 4 is 17.4 Å². The van der Waals surface area contributed by atoms with Crippen molar-refractivity contribution in [2.24, 2.45) is 0 Å². The largest absolute Gasteiger partial charge is 0.493 e. The first-order chi connectivity index (χ1) is 11.2. The molecule has 1 amide bonds. The van der Waals surface area contributed by atoms with Gasteiger partial charge in [-0.1, -0.05) is 13.0 Å². The fourth-order valence-electron chi connectivity index (χ4n) is 2.52. The first kappa shape index (κ1) is 15.0. The highest BCUT2D eigenvalue weighted by Crippen LogP contribution is 2.23. The molecule has 0 spiro atoms. The molecule has 6 nitrogen and oxygen atoms in total. The molecule has 0 aliphatic carbocycles. The average molecular weight is 310 g/mol. The summed E-state index contributed by atoms with van der Waals surface area (Å²) in [4.78, 5) is 21.5. The lowest BCUT2D eigenvalue weighted by Gasteiger charge is -2.08. The van der Waals surface area contributed by atoms with Crippen molar-refractivity contribution in [3.8, 4) is 5.75 Å². The Balaban J connectivity index is 2.08. The first-order valence-corrected chi connectivity index (χ1v) is 7.42. The summed E-state index contributed by atoms with van der Waals surface area (Å²) in [5.74, 6) is 0.956. The van der Waals surface area contributed by atoms with E-state index in [0.29, 0.717) is 29.3 Å². The van der Waals surface area contributed by atoms with E-state index in [1.54, 1.807) is 17.7 Å². The number of nitrogens with zero attached hydrogens (tertiary/aromatic N) is 3. The Bertz CT molecular complexity index is 870. The van der Waals surface area contributed by atoms with Gasteiger partial charge in [-0.2, -0.15) is 0 Å². The number of anilines is 1. The SMILES string of the molecule is CCc1nc2c(OC)cccn2c1C(=O)Nc1ncccc1C. The van der Waals surface area contributed by atoms with Crippen LogP contribution in [0.4, 0.5) is 5.82 Å². The highest BCUT2D eigenvalue weighted by molar-refractivity contribution is 6.04. The van der Waals surface area contributed by atoms with Gasteiger partial charge in [0.2, 0.25) is 0 Å². The summed E-state index contributed by atoms with van der Waals surface area (Å²) in [6.45, 7) is 3.87. The summed E-state index contributed by atoms with van der Waals surface area (Å²) in [7, 11) is 1.59. The second kappa shape index (κ2) is 6.08. The molecular weight excluding hydrogens is 292 g/mol. The Morgan fingerprint density at radius 1 is 1.35 bits per heavy atom. The average Bonchev–Trinajstić information content (AvgIpc) is 2.95. The third kappa shape index (κ3) is 2.63. The molecular formula is C17H18N4O2. The lowest BCUT2D eigenvalue weighted by atomic mass is 10.2. The molecule has 23 heavy (non-hydrogen) atoms. The number of ether oxygens (including phenoxy) is 1. The lowest BCUT2D eigenvalue weighted by Crippen LogP contribution is -2.17. The van der Waals surface area contributed by atoms with Gasteiger partial charge in [0.15, 0.2) is 11.4 Å². The quantitative estimate of drug-likeness (QED) is 0.804. The Morgan fingerprint density at radius 2 is 2.17 bits per heavy atom. The predicted molar refractivity (Wildman–Crippen MR) is 88.0 cm³/mol. The van der Waals surface area contributed by atoms with Crippen LogP contribution in [0.15, 0.2) is 36.7 Å². The summed E-state index contributed by atoms with van der Waals surface area (Å²) in [6.07, 6.45) is 4.11. The zero-order valence-corrected chi connectivity index (χ0v) is 13.3. The maximum atomic E-state index is 12.8. The van der Waals surface area contributed by atoms with Crippen LogP contribution in [0.2, 0.25) is 0 Å². The Hall–Kier alpha value is -2.89. The Kier molecular flexibility index (Phi) is 3.97. The van der Waals surface area contributed by atoms with Crippen molar-refractivity contribution in [2.45, 2.75) is 20.3 Å². The van der Waals surface area contributed by atoms with E-state index in [1.807, 2.05) is 44.3 Å². The zero-order chi connectivity index (χ0) is 16.4. The second-order valence-corrected chi connectivity index (χ2v) is 5.15. The topological polar surface area (TPSA) is 68.5 Å². The van der Waals surface area contributed by atoms with Gasteiger partial charge in [-0.05, 0) is 37.1 Å². The van der Waals surface area contributed by atoms with Crippen molar-refractivity contribution in [2.75, 3.05) is 12.4 Å². The Labute approximate surface area is 134 Å². The molecule has 0 aliphatic heterocycles. The molecule has 0 saturated carbocycles. The van der Waals surface area contributed by atoms with Crippen molar-refractivity contribution < 1.29 is 9.53 Å². The summed E-state index contributed by atoms with van der Waals surface area (Å²) in [6, 6.07) is 7.39. The van der Waals surface area contributed by atoms with Gasteiger partial charge in [-0.15, -0.1) is 0 Å². The molecule has 0 radical (unpaired) electrons. The van der Waals surface area contributed by atoms with Crippen LogP contribution in [0.1, 0.15) is 28.7 Å². The van der Waals surface area contributed by atoms with Gasteiger partial charge < -0.3 is 10.1 Å². The van der Waals surface area contributed by atoms with Crippen molar-refractivity contribution in [3.63, 3.8) is 0 Å². The van der Waals surface area contributed by atoms with Crippen LogP contribution in [0.5, 0.6) is 5.75 Å². The van der Waals surface area contributed by atoms with E-state index in [2.05, 4.69) is 15.3 Å². The van der Waals surface area contributed by atoms with Crippen LogP contribution < -0.4 is 10.1 Å². The number of nitrogens with one attached hydrogen (secondary N) is 1. The van der Waals surface area contributed by atoms with Gasteiger partial charge >= 0.3 is 0 Å². The molecule has 3 aromatic rings. The van der Waals surface area contributed by atoms with Crippen molar-refractivity contribution in [3.05, 3.63) is 53.6 Å². The normalized spacial score (nSPS) is 10.7. The zero-order valence-electron chi connectivity index (χ0n) is 13.3. The molecule has 1 N–H and O–H groups in total. The molecule has 0 fully saturated rings. The Morgan fingerprint density at radius 3 is 2.87 bits per heavy atom. The van der Waals surface area contributed by atoms with E-state index < -0.39 is 0 Å². The number of hydrogen-bond acceptors (Lipinski definition) is 4. The van der Waals surface area contributed by atoms with Gasteiger partial charge in [0.1, 0.15) is 11.5 Å². The fraction of sp³-hybridized carbons (Fsp3) is 0.235. The number of aromatic nitrogens is 3. The highest BCUT2D eigenvalue weighted by Gasteiger charge is 2.20. The molecule has 0 atom stereocenters. The number of carbonyl (C=O) groups is 1. The first-order valence-electron chi connectivity index (χ1n) is 7.42. The van der Waals surface area contributed by atoms with Crippen LogP contribution in [-0.4, -0.2) is 27.4 Å². The summed E-state index contributed by atoms with van der Waals surface area (Å²) >= 11 is 0. The van der Waals surface area contributed by atoms with Crippen LogP contribution in [0, 0.1) is 6.92 Å². The smallest absolute Gasteiger partial charge is 0.275 e. The van der Waals surface area contributed by atoms with Gasteiger partial charge in [0.25, 0.3) is 5.91 Å².